The third-order valence-corrected chi connectivity index (χ3v) is 4.85. The summed E-state index contributed by atoms with van der Waals surface area (Å²) in [5.41, 5.74) is 2.42. The van der Waals surface area contributed by atoms with Crippen molar-refractivity contribution in [2.45, 2.75) is 45.6 Å². The van der Waals surface area contributed by atoms with Crippen molar-refractivity contribution in [3.8, 4) is 0 Å². The number of anilines is 1. The van der Waals surface area contributed by atoms with Gasteiger partial charge in [0.15, 0.2) is 0 Å². The molecule has 0 radical (unpaired) electrons. The number of hydrogen-bond donors (Lipinski definition) is 2. The van der Waals surface area contributed by atoms with E-state index < -0.39 is 10.0 Å². The van der Waals surface area contributed by atoms with E-state index in [2.05, 4.69) is 10.0 Å². The molecule has 0 spiro atoms. The van der Waals surface area contributed by atoms with E-state index in [1.54, 1.807) is 0 Å². The summed E-state index contributed by atoms with van der Waals surface area (Å²) < 4.78 is 32.9. The van der Waals surface area contributed by atoms with Gasteiger partial charge in [0.2, 0.25) is 10.0 Å². The molecule has 120 valence electrons. The number of nitrogens with one attached hydrogen (secondary N) is 2. The summed E-state index contributed by atoms with van der Waals surface area (Å²) in [6, 6.07) is 3.72. The van der Waals surface area contributed by atoms with Gasteiger partial charge >= 0.3 is 0 Å². The van der Waals surface area contributed by atoms with E-state index in [0.29, 0.717) is 11.5 Å². The van der Waals surface area contributed by atoms with Crippen LogP contribution in [0.3, 0.4) is 0 Å². The maximum atomic E-state index is 12.5. The second-order valence-electron chi connectivity index (χ2n) is 5.09. The highest BCUT2D eigenvalue weighted by atomic mass is 32.2. The van der Waals surface area contributed by atoms with Crippen LogP contribution in [0.1, 0.15) is 31.9 Å². The Bertz CT molecular complexity index is 547. The zero-order chi connectivity index (χ0) is 16.0. The summed E-state index contributed by atoms with van der Waals surface area (Å²) in [4.78, 5) is 0.354. The minimum Gasteiger partial charge on any atom is -0.385 e. The molecule has 0 bridgehead atoms. The molecule has 1 aromatic carbocycles. The lowest BCUT2D eigenvalue weighted by atomic mass is 10.1. The van der Waals surface area contributed by atoms with Crippen molar-refractivity contribution < 1.29 is 13.2 Å². The summed E-state index contributed by atoms with van der Waals surface area (Å²) in [6.07, 6.45) is -0.147. The minimum atomic E-state index is -3.52. The Balaban J connectivity index is 2.98. The Morgan fingerprint density at radius 3 is 2.24 bits per heavy atom. The molecule has 2 N–H and O–H groups in total. The number of sulfonamides is 1. The van der Waals surface area contributed by atoms with Gasteiger partial charge in [0.05, 0.1) is 11.0 Å². The largest absolute Gasteiger partial charge is 0.385 e. The predicted octanol–water partition coefficient (Wildman–Crippen LogP) is 2.44. The monoisotopic (exact) mass is 314 g/mol. The molecule has 0 fully saturated rings. The van der Waals surface area contributed by atoms with E-state index in [0.717, 1.165) is 23.4 Å². The van der Waals surface area contributed by atoms with Crippen molar-refractivity contribution in [1.82, 2.24) is 4.72 Å². The predicted molar refractivity (Wildman–Crippen MR) is 86.4 cm³/mol. The molecule has 6 heteroatoms. The fourth-order valence-corrected chi connectivity index (χ4v) is 3.89. The molecule has 21 heavy (non-hydrogen) atoms. The number of aryl methyl sites for hydroxylation is 2. The molecule has 1 aromatic rings. The summed E-state index contributed by atoms with van der Waals surface area (Å²) >= 11 is 0. The average Bonchev–Trinajstić information content (AvgIpc) is 2.36. The summed E-state index contributed by atoms with van der Waals surface area (Å²) in [5.74, 6) is 0. The average molecular weight is 314 g/mol. The zero-order valence-corrected chi connectivity index (χ0v) is 14.3. The number of rotatable bonds is 8. The lowest BCUT2D eigenvalue weighted by molar-refractivity contribution is 0.0799. The van der Waals surface area contributed by atoms with Gasteiger partial charge in [0.1, 0.15) is 0 Å². The minimum absolute atomic E-state index is 0.147. The van der Waals surface area contributed by atoms with Gasteiger partial charge in [-0.1, -0.05) is 0 Å². The fourth-order valence-electron chi connectivity index (χ4n) is 2.32. The SMILES string of the molecule is CCNc1cc(C)c(S(=O)(=O)NCC(C)OCC)c(C)c1. The summed E-state index contributed by atoms with van der Waals surface area (Å²) in [7, 11) is -3.52. The molecule has 5 nitrogen and oxygen atoms in total. The quantitative estimate of drug-likeness (QED) is 0.773. The van der Waals surface area contributed by atoms with Gasteiger partial charge in [-0.25, -0.2) is 13.1 Å². The second kappa shape index (κ2) is 7.77. The van der Waals surface area contributed by atoms with Gasteiger partial charge in [-0.3, -0.25) is 0 Å². The first kappa shape index (κ1) is 17.9. The van der Waals surface area contributed by atoms with Crippen LogP contribution in [0.25, 0.3) is 0 Å². The molecule has 0 amide bonds. The van der Waals surface area contributed by atoms with Crippen molar-refractivity contribution in [3.05, 3.63) is 23.3 Å². The van der Waals surface area contributed by atoms with Crippen molar-refractivity contribution in [2.24, 2.45) is 0 Å². The fraction of sp³-hybridized carbons (Fsp3) is 0.600. The molecule has 1 atom stereocenters. The Labute approximate surface area is 128 Å². The van der Waals surface area contributed by atoms with Gasteiger partial charge in [0.25, 0.3) is 0 Å². The highest BCUT2D eigenvalue weighted by molar-refractivity contribution is 7.89. The molecule has 1 unspecified atom stereocenters. The Hall–Kier alpha value is -1.11. The van der Waals surface area contributed by atoms with E-state index in [1.807, 2.05) is 46.8 Å². The van der Waals surface area contributed by atoms with E-state index in [-0.39, 0.29) is 12.6 Å². The molecule has 0 saturated heterocycles. The van der Waals surface area contributed by atoms with Crippen molar-refractivity contribution >= 4 is 15.7 Å². The van der Waals surface area contributed by atoms with Crippen LogP contribution >= 0.6 is 0 Å². The molecular formula is C15H26N2O3S. The molecule has 1 rings (SSSR count). The number of benzene rings is 1. The van der Waals surface area contributed by atoms with Gasteiger partial charge in [-0.05, 0) is 57.9 Å². The topological polar surface area (TPSA) is 67.4 Å². The maximum absolute atomic E-state index is 12.5. The van der Waals surface area contributed by atoms with E-state index in [4.69, 9.17) is 4.74 Å². The maximum Gasteiger partial charge on any atom is 0.241 e. The first-order valence-electron chi connectivity index (χ1n) is 7.28. The number of hydrogen-bond acceptors (Lipinski definition) is 4. The third kappa shape index (κ3) is 4.98. The van der Waals surface area contributed by atoms with Crippen LogP contribution in [0, 0.1) is 13.8 Å². The van der Waals surface area contributed by atoms with Gasteiger partial charge in [-0.15, -0.1) is 0 Å². The normalized spacial score (nSPS) is 13.2. The lowest BCUT2D eigenvalue weighted by Gasteiger charge is -2.16. The molecule has 0 saturated carbocycles. The first-order chi connectivity index (χ1) is 9.81. The zero-order valence-electron chi connectivity index (χ0n) is 13.5. The molecule has 0 aliphatic heterocycles. The number of ether oxygens (including phenoxy) is 1. The molecule has 0 aliphatic carbocycles. The van der Waals surface area contributed by atoms with Crippen molar-refractivity contribution in [1.29, 1.82) is 0 Å². The standard InChI is InChI=1S/C15H26N2O3S/c1-6-16-14-8-11(3)15(12(4)9-14)21(18,19)17-10-13(5)20-7-2/h8-9,13,16-17H,6-7,10H2,1-5H3. The van der Waals surface area contributed by atoms with Crippen molar-refractivity contribution in [2.75, 3.05) is 25.0 Å². The van der Waals surface area contributed by atoms with Gasteiger partial charge in [0, 0.05) is 25.4 Å². The molecule has 0 aliphatic rings. The summed E-state index contributed by atoms with van der Waals surface area (Å²) in [5, 5.41) is 3.20. The first-order valence-corrected chi connectivity index (χ1v) is 8.76. The highest BCUT2D eigenvalue weighted by Crippen LogP contribution is 2.24. The second-order valence-corrected chi connectivity index (χ2v) is 6.79. The smallest absolute Gasteiger partial charge is 0.241 e. The van der Waals surface area contributed by atoms with Crippen LogP contribution in [0.5, 0.6) is 0 Å². The van der Waals surface area contributed by atoms with E-state index >= 15 is 0 Å². The van der Waals surface area contributed by atoms with E-state index in [9.17, 15) is 8.42 Å². The lowest BCUT2D eigenvalue weighted by Crippen LogP contribution is -2.33. The van der Waals surface area contributed by atoms with Crippen LogP contribution in [-0.2, 0) is 14.8 Å². The van der Waals surface area contributed by atoms with Crippen LogP contribution in [0.2, 0.25) is 0 Å². The molecule has 0 aromatic heterocycles. The molecular weight excluding hydrogens is 288 g/mol. The van der Waals surface area contributed by atoms with E-state index in [1.165, 1.54) is 0 Å². The van der Waals surface area contributed by atoms with Gasteiger partial charge < -0.3 is 10.1 Å². The Kier molecular flexibility index (Phi) is 6.64. The third-order valence-electron chi connectivity index (χ3n) is 3.12. The van der Waals surface area contributed by atoms with Crippen molar-refractivity contribution in [3.63, 3.8) is 0 Å². The molecule has 0 heterocycles. The summed E-state index contributed by atoms with van der Waals surface area (Å²) in [6.45, 7) is 11.0. The van der Waals surface area contributed by atoms with Gasteiger partial charge in [-0.2, -0.15) is 0 Å². The van der Waals surface area contributed by atoms with Crippen LogP contribution in [0.4, 0.5) is 5.69 Å². The van der Waals surface area contributed by atoms with Crippen LogP contribution in [0.15, 0.2) is 17.0 Å². The Morgan fingerprint density at radius 1 is 1.19 bits per heavy atom. The van der Waals surface area contributed by atoms with Crippen LogP contribution in [-0.4, -0.2) is 34.2 Å². The highest BCUT2D eigenvalue weighted by Gasteiger charge is 2.20. The van der Waals surface area contributed by atoms with Crippen LogP contribution < -0.4 is 10.0 Å². The Morgan fingerprint density at radius 2 is 1.76 bits per heavy atom.